The third kappa shape index (κ3) is 2.93. The molecule has 106 valence electrons. The molecule has 0 amide bonds. The summed E-state index contributed by atoms with van der Waals surface area (Å²) in [5, 5.41) is 8.97. The summed E-state index contributed by atoms with van der Waals surface area (Å²) in [5.41, 5.74) is 1.45. The fourth-order valence-corrected chi connectivity index (χ4v) is 3.56. The van der Waals surface area contributed by atoms with Crippen molar-refractivity contribution in [1.29, 1.82) is 0 Å². The summed E-state index contributed by atoms with van der Waals surface area (Å²) >= 11 is 1.87. The van der Waals surface area contributed by atoms with Crippen LogP contribution in [0.4, 0.5) is 11.8 Å². The Balaban J connectivity index is 1.72. The van der Waals surface area contributed by atoms with Gasteiger partial charge in [0.1, 0.15) is 5.82 Å². The highest BCUT2D eigenvalue weighted by Gasteiger charge is 2.21. The van der Waals surface area contributed by atoms with E-state index in [1.165, 1.54) is 29.7 Å². The summed E-state index contributed by atoms with van der Waals surface area (Å²) in [6.45, 7) is 3.04. The van der Waals surface area contributed by atoms with E-state index in [9.17, 15) is 0 Å². The van der Waals surface area contributed by atoms with Crippen molar-refractivity contribution in [1.82, 2.24) is 9.97 Å². The molecule has 4 nitrogen and oxygen atoms in total. The van der Waals surface area contributed by atoms with Gasteiger partial charge in [0, 0.05) is 17.6 Å². The lowest BCUT2D eigenvalue weighted by Gasteiger charge is -2.24. The van der Waals surface area contributed by atoms with E-state index < -0.39 is 0 Å². The predicted octanol–water partition coefficient (Wildman–Crippen LogP) is 3.85. The predicted molar refractivity (Wildman–Crippen MR) is 84.4 cm³/mol. The van der Waals surface area contributed by atoms with Gasteiger partial charge >= 0.3 is 0 Å². The van der Waals surface area contributed by atoms with Gasteiger partial charge in [0.05, 0.1) is 6.04 Å². The second-order valence-corrected chi connectivity index (χ2v) is 6.08. The van der Waals surface area contributed by atoms with Crippen molar-refractivity contribution in [3.63, 3.8) is 0 Å². The molecule has 5 heteroatoms. The Bertz CT molecular complexity index is 567. The number of thiophene rings is 1. The Morgan fingerprint density at radius 2 is 2.35 bits per heavy atom. The third-order valence-electron chi connectivity index (χ3n) is 3.56. The Kier molecular flexibility index (Phi) is 4.16. The molecule has 1 aliphatic carbocycles. The molecular weight excluding hydrogens is 268 g/mol. The van der Waals surface area contributed by atoms with E-state index in [0.717, 1.165) is 18.8 Å². The first-order valence-corrected chi connectivity index (χ1v) is 8.14. The molecule has 1 aliphatic rings. The minimum absolute atomic E-state index is 0.388. The molecule has 1 atom stereocenters. The maximum Gasteiger partial charge on any atom is 0.224 e. The average Bonchev–Trinajstić information content (AvgIpc) is 2.95. The maximum absolute atomic E-state index is 4.53. The highest BCUT2D eigenvalue weighted by atomic mass is 32.1. The summed E-state index contributed by atoms with van der Waals surface area (Å²) in [4.78, 5) is 10.3. The smallest absolute Gasteiger partial charge is 0.224 e. The fourth-order valence-electron chi connectivity index (χ4n) is 2.58. The lowest BCUT2D eigenvalue weighted by Crippen LogP contribution is -2.17. The summed E-state index contributed by atoms with van der Waals surface area (Å²) in [6, 6.07) is 4.57. The van der Waals surface area contributed by atoms with E-state index in [1.807, 2.05) is 23.6 Å². The number of aromatic nitrogens is 2. The minimum Gasteiger partial charge on any atom is -0.363 e. The molecule has 0 spiro atoms. The maximum atomic E-state index is 4.53. The van der Waals surface area contributed by atoms with Gasteiger partial charge in [-0.05, 0) is 48.8 Å². The van der Waals surface area contributed by atoms with E-state index in [1.54, 1.807) is 0 Å². The normalized spacial score (nSPS) is 17.6. The second-order valence-electron chi connectivity index (χ2n) is 5.08. The quantitative estimate of drug-likeness (QED) is 0.877. The summed E-state index contributed by atoms with van der Waals surface area (Å²) in [6.07, 6.45) is 6.52. The lowest BCUT2D eigenvalue weighted by atomic mass is 9.94. The molecule has 0 saturated heterocycles. The number of nitrogens with zero attached hydrogens (tertiary/aromatic N) is 2. The molecular formula is C15H20N4S. The zero-order chi connectivity index (χ0) is 13.8. The number of anilines is 2. The van der Waals surface area contributed by atoms with E-state index in [0.29, 0.717) is 12.0 Å². The largest absolute Gasteiger partial charge is 0.363 e. The van der Waals surface area contributed by atoms with Crippen molar-refractivity contribution in [3.8, 4) is 0 Å². The second kappa shape index (κ2) is 6.22. The molecule has 0 aromatic carbocycles. The van der Waals surface area contributed by atoms with Crippen molar-refractivity contribution in [2.75, 3.05) is 17.2 Å². The highest BCUT2D eigenvalue weighted by molar-refractivity contribution is 7.10. The van der Waals surface area contributed by atoms with Gasteiger partial charge in [-0.15, -0.1) is 11.3 Å². The molecule has 3 rings (SSSR count). The van der Waals surface area contributed by atoms with Crippen LogP contribution in [0.2, 0.25) is 0 Å². The van der Waals surface area contributed by atoms with Gasteiger partial charge in [0.2, 0.25) is 5.95 Å². The van der Waals surface area contributed by atoms with Crippen molar-refractivity contribution < 1.29 is 0 Å². The zero-order valence-electron chi connectivity index (χ0n) is 11.7. The molecule has 0 aliphatic heterocycles. The molecule has 2 aromatic rings. The lowest BCUT2D eigenvalue weighted by molar-refractivity contribution is 0.607. The summed E-state index contributed by atoms with van der Waals surface area (Å²) in [7, 11) is 0. The van der Waals surface area contributed by atoms with Gasteiger partial charge in [-0.3, -0.25) is 0 Å². The number of fused-ring (bicyclic) bond motifs is 1. The number of nitrogens with one attached hydrogen (secondary N) is 2. The van der Waals surface area contributed by atoms with Crippen molar-refractivity contribution >= 4 is 23.1 Å². The van der Waals surface area contributed by atoms with E-state index in [-0.39, 0.29) is 0 Å². The van der Waals surface area contributed by atoms with E-state index >= 15 is 0 Å². The van der Waals surface area contributed by atoms with Crippen molar-refractivity contribution in [2.45, 2.75) is 38.6 Å². The van der Waals surface area contributed by atoms with Crippen LogP contribution in [-0.4, -0.2) is 16.5 Å². The van der Waals surface area contributed by atoms with Gasteiger partial charge in [-0.25, -0.2) is 4.98 Å². The van der Waals surface area contributed by atoms with Crippen LogP contribution in [0.3, 0.4) is 0 Å². The molecule has 2 N–H and O–H groups in total. The van der Waals surface area contributed by atoms with Crippen LogP contribution >= 0.6 is 11.3 Å². The Morgan fingerprint density at radius 1 is 1.40 bits per heavy atom. The zero-order valence-corrected chi connectivity index (χ0v) is 12.5. The van der Waals surface area contributed by atoms with Crippen molar-refractivity contribution in [3.05, 3.63) is 34.2 Å². The van der Waals surface area contributed by atoms with Crippen LogP contribution in [0.1, 0.15) is 42.7 Å². The first-order chi connectivity index (χ1) is 9.86. The number of hydrogen-bond acceptors (Lipinski definition) is 5. The standard InChI is InChI=1S/C15H20N4S/c1-2-8-16-15-17-9-6-14(19-15)18-12-4-3-5-13-11(12)7-10-20-13/h6-7,9-10,12H,2-5,8H2,1H3,(H2,16,17,18,19). The molecule has 0 bridgehead atoms. The number of aryl methyl sites for hydroxylation is 1. The van der Waals surface area contributed by atoms with Crippen molar-refractivity contribution in [2.24, 2.45) is 0 Å². The molecule has 2 heterocycles. The molecule has 2 aromatic heterocycles. The van der Waals surface area contributed by atoms with Crippen LogP contribution in [0.25, 0.3) is 0 Å². The minimum atomic E-state index is 0.388. The van der Waals surface area contributed by atoms with E-state index in [2.05, 4.69) is 39.0 Å². The first-order valence-electron chi connectivity index (χ1n) is 7.26. The SMILES string of the molecule is CCCNc1nccc(NC2CCCc3sccc32)n1. The molecule has 0 fully saturated rings. The highest BCUT2D eigenvalue weighted by Crippen LogP contribution is 2.35. The van der Waals surface area contributed by atoms with Gasteiger partial charge in [0.25, 0.3) is 0 Å². The molecule has 0 saturated carbocycles. The van der Waals surface area contributed by atoms with Crippen LogP contribution < -0.4 is 10.6 Å². The topological polar surface area (TPSA) is 49.8 Å². The van der Waals surface area contributed by atoms with Crippen LogP contribution in [-0.2, 0) is 6.42 Å². The van der Waals surface area contributed by atoms with Crippen LogP contribution in [0, 0.1) is 0 Å². The number of hydrogen-bond donors (Lipinski definition) is 2. The van der Waals surface area contributed by atoms with Gasteiger partial charge in [0.15, 0.2) is 0 Å². The van der Waals surface area contributed by atoms with Crippen LogP contribution in [0.15, 0.2) is 23.7 Å². The van der Waals surface area contributed by atoms with Gasteiger partial charge in [-0.2, -0.15) is 4.98 Å². The van der Waals surface area contributed by atoms with Crippen LogP contribution in [0.5, 0.6) is 0 Å². The monoisotopic (exact) mass is 288 g/mol. The average molecular weight is 288 g/mol. The van der Waals surface area contributed by atoms with E-state index in [4.69, 9.17) is 0 Å². The first kappa shape index (κ1) is 13.4. The molecule has 20 heavy (non-hydrogen) atoms. The Morgan fingerprint density at radius 3 is 3.25 bits per heavy atom. The fraction of sp³-hybridized carbons (Fsp3) is 0.467. The number of rotatable bonds is 5. The summed E-state index contributed by atoms with van der Waals surface area (Å²) < 4.78 is 0. The summed E-state index contributed by atoms with van der Waals surface area (Å²) in [5.74, 6) is 1.61. The van der Waals surface area contributed by atoms with Gasteiger partial charge in [-0.1, -0.05) is 6.92 Å². The Labute approximate surface area is 123 Å². The van der Waals surface area contributed by atoms with Gasteiger partial charge < -0.3 is 10.6 Å². The molecule has 1 unspecified atom stereocenters. The third-order valence-corrected chi connectivity index (χ3v) is 4.56. The molecule has 0 radical (unpaired) electrons. The Hall–Kier alpha value is -1.62.